The van der Waals surface area contributed by atoms with Gasteiger partial charge < -0.3 is 9.66 Å². The molecule has 24 heavy (non-hydrogen) atoms. The summed E-state index contributed by atoms with van der Waals surface area (Å²) in [4.78, 5) is 0. The Labute approximate surface area is 172 Å². The van der Waals surface area contributed by atoms with Crippen LogP contribution in [0, 0.1) is 0 Å². The number of hydrogen-bond donors (Lipinski definition) is 1. The smallest absolute Gasteiger partial charge is 0.748 e. The van der Waals surface area contributed by atoms with E-state index in [0.717, 1.165) is 32.1 Å². The van der Waals surface area contributed by atoms with Crippen LogP contribution in [0.3, 0.4) is 0 Å². The molecule has 0 aliphatic heterocycles. The molecule has 0 aliphatic rings. The Morgan fingerprint density at radius 2 is 1.12 bits per heavy atom. The molecule has 0 aromatic carbocycles. The first-order chi connectivity index (χ1) is 10.9. The molecular formula is C18H37NaO4S. The molecule has 0 saturated heterocycles. The van der Waals surface area contributed by atoms with Crippen molar-refractivity contribution in [2.45, 2.75) is 115 Å². The minimum absolute atomic E-state index is 0. The first-order valence-electron chi connectivity index (χ1n) is 9.50. The minimum Gasteiger partial charge on any atom is -0.748 e. The average molecular weight is 373 g/mol. The summed E-state index contributed by atoms with van der Waals surface area (Å²) in [5.74, 6) is 0. The number of aliphatic hydroxyl groups excluding tert-OH is 1. The van der Waals surface area contributed by atoms with Gasteiger partial charge in [-0.3, -0.25) is 0 Å². The molecule has 2 atom stereocenters. The molecule has 0 spiro atoms. The van der Waals surface area contributed by atoms with Crippen molar-refractivity contribution in [3.8, 4) is 0 Å². The van der Waals surface area contributed by atoms with Crippen molar-refractivity contribution >= 4 is 10.1 Å². The molecule has 0 aromatic rings. The second-order valence-corrected chi connectivity index (χ2v) is 8.49. The maximum absolute atomic E-state index is 11.0. The van der Waals surface area contributed by atoms with Gasteiger partial charge in [-0.25, -0.2) is 8.42 Å². The zero-order chi connectivity index (χ0) is 17.6. The SMILES string of the molecule is CCC(CCCCCCCCCCCCCC(C)O)S(=O)(=O)[O-].[Na+]. The summed E-state index contributed by atoms with van der Waals surface area (Å²) in [5, 5.41) is 8.47. The Morgan fingerprint density at radius 3 is 1.42 bits per heavy atom. The maximum atomic E-state index is 11.0. The molecule has 0 rings (SSSR count). The molecule has 140 valence electrons. The van der Waals surface area contributed by atoms with Crippen molar-refractivity contribution in [1.29, 1.82) is 0 Å². The second kappa shape index (κ2) is 17.3. The van der Waals surface area contributed by atoms with Gasteiger partial charge >= 0.3 is 29.6 Å². The zero-order valence-electron chi connectivity index (χ0n) is 16.1. The summed E-state index contributed by atoms with van der Waals surface area (Å²) in [6.07, 6.45) is 14.7. The molecule has 4 nitrogen and oxygen atoms in total. The van der Waals surface area contributed by atoms with Crippen LogP contribution >= 0.6 is 0 Å². The molecule has 0 aliphatic carbocycles. The van der Waals surface area contributed by atoms with Gasteiger partial charge in [-0.2, -0.15) is 0 Å². The third kappa shape index (κ3) is 17.7. The molecule has 0 amide bonds. The summed E-state index contributed by atoms with van der Waals surface area (Å²) in [5.41, 5.74) is 0. The molecule has 0 radical (unpaired) electrons. The van der Waals surface area contributed by atoms with Crippen LogP contribution < -0.4 is 29.6 Å². The number of rotatable bonds is 16. The van der Waals surface area contributed by atoms with Crippen molar-refractivity contribution in [3.63, 3.8) is 0 Å². The fraction of sp³-hybridized carbons (Fsp3) is 1.00. The molecule has 2 unspecified atom stereocenters. The van der Waals surface area contributed by atoms with Crippen LogP contribution in [0.4, 0.5) is 0 Å². The molecule has 1 N–H and O–H groups in total. The van der Waals surface area contributed by atoms with Crippen LogP contribution in [0.5, 0.6) is 0 Å². The summed E-state index contributed by atoms with van der Waals surface area (Å²) in [7, 11) is -4.10. The Balaban J connectivity index is 0. The van der Waals surface area contributed by atoms with E-state index in [1.54, 1.807) is 6.92 Å². The molecule has 0 bridgehead atoms. The molecule has 0 fully saturated rings. The average Bonchev–Trinajstić information content (AvgIpc) is 2.46. The molecular weight excluding hydrogens is 335 g/mol. The van der Waals surface area contributed by atoms with Crippen molar-refractivity contribution in [3.05, 3.63) is 0 Å². The topological polar surface area (TPSA) is 77.4 Å². The van der Waals surface area contributed by atoms with Crippen molar-refractivity contribution in [2.24, 2.45) is 0 Å². The van der Waals surface area contributed by atoms with Gasteiger partial charge in [0.2, 0.25) is 0 Å². The Kier molecular flexibility index (Phi) is 19.5. The summed E-state index contributed by atoms with van der Waals surface area (Å²) in [6, 6.07) is 0. The first-order valence-corrected chi connectivity index (χ1v) is 11.0. The van der Waals surface area contributed by atoms with Crippen LogP contribution in [0.15, 0.2) is 0 Å². The van der Waals surface area contributed by atoms with E-state index in [4.69, 9.17) is 5.11 Å². The van der Waals surface area contributed by atoms with Gasteiger partial charge in [0.05, 0.1) is 16.2 Å². The van der Waals surface area contributed by atoms with E-state index in [9.17, 15) is 13.0 Å². The fourth-order valence-electron chi connectivity index (χ4n) is 2.96. The van der Waals surface area contributed by atoms with E-state index in [-0.39, 0.29) is 35.7 Å². The van der Waals surface area contributed by atoms with E-state index in [1.165, 1.54) is 44.9 Å². The Morgan fingerprint density at radius 1 is 0.792 bits per heavy atom. The molecule has 0 heterocycles. The third-order valence-electron chi connectivity index (χ3n) is 4.51. The van der Waals surface area contributed by atoms with Crippen LogP contribution in [0.25, 0.3) is 0 Å². The number of unbranched alkanes of at least 4 members (excludes halogenated alkanes) is 10. The first kappa shape index (κ1) is 27.1. The van der Waals surface area contributed by atoms with E-state index < -0.39 is 15.4 Å². The molecule has 0 aromatic heterocycles. The largest absolute Gasteiger partial charge is 1.00 e. The van der Waals surface area contributed by atoms with Crippen LogP contribution in [-0.2, 0) is 10.1 Å². The monoisotopic (exact) mass is 372 g/mol. The predicted octanol–water partition coefficient (Wildman–Crippen LogP) is 1.77. The van der Waals surface area contributed by atoms with E-state index in [1.807, 2.05) is 6.92 Å². The Bertz CT molecular complexity index is 358. The predicted molar refractivity (Wildman–Crippen MR) is 95.5 cm³/mol. The van der Waals surface area contributed by atoms with Gasteiger partial charge in [0.1, 0.15) is 0 Å². The van der Waals surface area contributed by atoms with Gasteiger partial charge in [0.15, 0.2) is 0 Å². The van der Waals surface area contributed by atoms with E-state index in [0.29, 0.717) is 12.8 Å². The number of aliphatic hydroxyl groups is 1. The van der Waals surface area contributed by atoms with Gasteiger partial charge in [-0.05, 0) is 26.2 Å². The minimum atomic E-state index is -4.10. The zero-order valence-corrected chi connectivity index (χ0v) is 19.0. The van der Waals surface area contributed by atoms with Crippen LogP contribution in [0.2, 0.25) is 0 Å². The third-order valence-corrected chi connectivity index (χ3v) is 5.90. The standard InChI is InChI=1S/C18H38O4S.Na/c1-3-18(23(20,21)22)16-14-12-10-8-6-4-5-7-9-11-13-15-17(2)19;/h17-19H,3-16H2,1-2H3,(H,20,21,22);/q;+1/p-1. The molecule has 6 heteroatoms. The fourth-order valence-corrected chi connectivity index (χ4v) is 3.82. The van der Waals surface area contributed by atoms with Gasteiger partial charge in [-0.1, -0.05) is 77.6 Å². The quantitative estimate of drug-likeness (QED) is 0.254. The summed E-state index contributed by atoms with van der Waals surface area (Å²) < 4.78 is 32.9. The van der Waals surface area contributed by atoms with E-state index in [2.05, 4.69) is 0 Å². The molecule has 0 saturated carbocycles. The summed E-state index contributed by atoms with van der Waals surface area (Å²) >= 11 is 0. The van der Waals surface area contributed by atoms with Gasteiger partial charge in [0, 0.05) is 5.25 Å². The van der Waals surface area contributed by atoms with Gasteiger partial charge in [-0.15, -0.1) is 0 Å². The van der Waals surface area contributed by atoms with Crippen LogP contribution in [0.1, 0.15) is 104 Å². The number of hydrogen-bond acceptors (Lipinski definition) is 4. The second-order valence-electron chi connectivity index (χ2n) is 6.84. The van der Waals surface area contributed by atoms with Gasteiger partial charge in [0.25, 0.3) is 0 Å². The Hall–Kier alpha value is 0.870. The van der Waals surface area contributed by atoms with Crippen molar-refractivity contribution < 1.29 is 47.6 Å². The summed E-state index contributed by atoms with van der Waals surface area (Å²) in [6.45, 7) is 3.62. The van der Waals surface area contributed by atoms with Crippen LogP contribution in [-0.4, -0.2) is 29.4 Å². The normalized spacial score (nSPS) is 14.2. The van der Waals surface area contributed by atoms with E-state index >= 15 is 0 Å². The van der Waals surface area contributed by atoms with Crippen molar-refractivity contribution in [2.75, 3.05) is 0 Å². The maximum Gasteiger partial charge on any atom is 1.00 e. The van der Waals surface area contributed by atoms with Crippen molar-refractivity contribution in [1.82, 2.24) is 0 Å².